The summed E-state index contributed by atoms with van der Waals surface area (Å²) < 4.78 is 10.6. The van der Waals surface area contributed by atoms with Crippen LogP contribution in [-0.2, 0) is 6.42 Å². The first-order valence-electron chi connectivity index (χ1n) is 4.42. The lowest BCUT2D eigenvalue weighted by Crippen LogP contribution is -1.93. The van der Waals surface area contributed by atoms with Gasteiger partial charge in [0.1, 0.15) is 0 Å². The minimum atomic E-state index is 0.353. The molecule has 1 aromatic rings. The quantitative estimate of drug-likeness (QED) is 0.598. The molecule has 13 heavy (non-hydrogen) atoms. The van der Waals surface area contributed by atoms with Gasteiger partial charge in [-0.1, -0.05) is 6.08 Å². The van der Waals surface area contributed by atoms with Crippen LogP contribution in [0.1, 0.15) is 17.5 Å². The molecule has 2 nitrogen and oxygen atoms in total. The fourth-order valence-electron chi connectivity index (χ4n) is 1.74. The number of rotatable bonds is 0. The third-order valence-electron chi connectivity index (χ3n) is 2.43. The minimum Gasteiger partial charge on any atom is -0.454 e. The molecule has 1 aliphatic carbocycles. The summed E-state index contributed by atoms with van der Waals surface area (Å²) >= 11 is 0. The maximum absolute atomic E-state index is 5.31. The van der Waals surface area contributed by atoms with E-state index in [0.717, 1.165) is 24.3 Å². The van der Waals surface area contributed by atoms with Crippen molar-refractivity contribution >= 4 is 6.08 Å². The molecular formula is C11H9O2. The second-order valence-corrected chi connectivity index (χ2v) is 3.25. The average molecular weight is 173 g/mol. The van der Waals surface area contributed by atoms with E-state index < -0.39 is 0 Å². The Hall–Kier alpha value is -1.44. The highest BCUT2D eigenvalue weighted by Gasteiger charge is 2.16. The van der Waals surface area contributed by atoms with Crippen molar-refractivity contribution in [1.82, 2.24) is 0 Å². The highest BCUT2D eigenvalue weighted by Crippen LogP contribution is 2.36. The van der Waals surface area contributed by atoms with Crippen LogP contribution < -0.4 is 9.47 Å². The monoisotopic (exact) mass is 173 g/mol. The topological polar surface area (TPSA) is 18.5 Å². The van der Waals surface area contributed by atoms with Crippen LogP contribution in [0.5, 0.6) is 11.5 Å². The smallest absolute Gasteiger partial charge is 0.231 e. The summed E-state index contributed by atoms with van der Waals surface area (Å²) in [4.78, 5) is 0. The van der Waals surface area contributed by atoms with E-state index in [2.05, 4.69) is 12.1 Å². The second-order valence-electron chi connectivity index (χ2n) is 3.25. The Morgan fingerprint density at radius 2 is 2.00 bits per heavy atom. The highest BCUT2D eigenvalue weighted by molar-refractivity contribution is 5.61. The lowest BCUT2D eigenvalue weighted by molar-refractivity contribution is 0.174. The molecule has 2 heteroatoms. The van der Waals surface area contributed by atoms with Gasteiger partial charge in [0.2, 0.25) is 6.79 Å². The number of benzene rings is 1. The maximum atomic E-state index is 5.31. The summed E-state index contributed by atoms with van der Waals surface area (Å²) in [6, 6.07) is 4.11. The van der Waals surface area contributed by atoms with Crippen LogP contribution in [0, 0.1) is 6.08 Å². The zero-order valence-electron chi connectivity index (χ0n) is 7.17. The third kappa shape index (κ3) is 1.02. The fraction of sp³-hybridized carbons (Fsp3) is 0.273. The Kier molecular flexibility index (Phi) is 1.36. The summed E-state index contributed by atoms with van der Waals surface area (Å²) in [6.07, 6.45) is 7.30. The molecular weight excluding hydrogens is 164 g/mol. The van der Waals surface area contributed by atoms with Crippen LogP contribution in [-0.4, -0.2) is 6.79 Å². The van der Waals surface area contributed by atoms with Crippen LogP contribution in [0.3, 0.4) is 0 Å². The number of ether oxygens (including phenoxy) is 2. The van der Waals surface area contributed by atoms with E-state index in [1.165, 1.54) is 11.1 Å². The van der Waals surface area contributed by atoms with E-state index in [-0.39, 0.29) is 0 Å². The Labute approximate surface area is 76.8 Å². The summed E-state index contributed by atoms with van der Waals surface area (Å²) in [7, 11) is 0. The summed E-state index contributed by atoms with van der Waals surface area (Å²) in [6.45, 7) is 0.353. The van der Waals surface area contributed by atoms with E-state index in [9.17, 15) is 0 Å². The molecule has 0 spiro atoms. The molecule has 0 fully saturated rings. The van der Waals surface area contributed by atoms with Crippen molar-refractivity contribution in [2.75, 3.05) is 6.79 Å². The van der Waals surface area contributed by atoms with Crippen LogP contribution in [0.15, 0.2) is 12.1 Å². The van der Waals surface area contributed by atoms with Gasteiger partial charge in [-0.15, -0.1) is 0 Å². The first-order valence-corrected chi connectivity index (χ1v) is 4.42. The van der Waals surface area contributed by atoms with Crippen molar-refractivity contribution in [3.05, 3.63) is 29.3 Å². The molecule has 0 atom stereocenters. The first kappa shape index (κ1) is 7.01. The molecule has 65 valence electrons. The number of aryl methyl sites for hydroxylation is 1. The molecule has 3 rings (SSSR count). The summed E-state index contributed by atoms with van der Waals surface area (Å²) in [5.41, 5.74) is 2.55. The first-order chi connectivity index (χ1) is 6.43. The molecule has 0 aromatic heterocycles. The molecule has 0 N–H and O–H groups in total. The van der Waals surface area contributed by atoms with E-state index in [1.807, 2.05) is 12.1 Å². The second kappa shape index (κ2) is 2.52. The van der Waals surface area contributed by atoms with Crippen LogP contribution in [0.4, 0.5) is 0 Å². The standard InChI is InChI=1S/C11H9O2/c1-2-4-9-6-11-10(12-7-13-11)5-8(9)3-1/h4-6H,1,3,7H2. The van der Waals surface area contributed by atoms with Gasteiger partial charge in [-0.25, -0.2) is 0 Å². The number of allylic oxidation sites excluding steroid dienone is 1. The Morgan fingerprint density at radius 1 is 1.15 bits per heavy atom. The Bertz CT molecular complexity index is 380. The normalized spacial score (nSPS) is 17.2. The van der Waals surface area contributed by atoms with Gasteiger partial charge in [0.25, 0.3) is 0 Å². The summed E-state index contributed by atoms with van der Waals surface area (Å²) in [5.74, 6) is 1.74. The van der Waals surface area contributed by atoms with Crippen molar-refractivity contribution < 1.29 is 9.47 Å². The van der Waals surface area contributed by atoms with Crippen LogP contribution >= 0.6 is 0 Å². The lowest BCUT2D eigenvalue weighted by atomic mass is 9.97. The van der Waals surface area contributed by atoms with Gasteiger partial charge >= 0.3 is 0 Å². The van der Waals surface area contributed by atoms with Crippen LogP contribution in [0.25, 0.3) is 6.08 Å². The van der Waals surface area contributed by atoms with Crippen molar-refractivity contribution in [3.63, 3.8) is 0 Å². The molecule has 0 saturated heterocycles. The van der Waals surface area contributed by atoms with E-state index in [0.29, 0.717) is 6.79 Å². The van der Waals surface area contributed by atoms with Crippen molar-refractivity contribution in [2.24, 2.45) is 0 Å². The van der Waals surface area contributed by atoms with Gasteiger partial charge in [0.15, 0.2) is 11.5 Å². The number of hydrogen-bond donors (Lipinski definition) is 0. The average Bonchev–Trinajstić information content (AvgIpc) is 2.61. The van der Waals surface area contributed by atoms with Gasteiger partial charge in [0, 0.05) is 0 Å². The van der Waals surface area contributed by atoms with E-state index >= 15 is 0 Å². The predicted octanol–water partition coefficient (Wildman–Crippen LogP) is 2.18. The summed E-state index contributed by atoms with van der Waals surface area (Å²) in [5, 5.41) is 0. The zero-order chi connectivity index (χ0) is 8.67. The van der Waals surface area contributed by atoms with Crippen molar-refractivity contribution in [3.8, 4) is 11.5 Å². The number of hydrogen-bond acceptors (Lipinski definition) is 2. The van der Waals surface area contributed by atoms with Gasteiger partial charge in [0.05, 0.1) is 0 Å². The molecule has 1 radical (unpaired) electrons. The van der Waals surface area contributed by atoms with Crippen molar-refractivity contribution in [2.45, 2.75) is 12.8 Å². The zero-order valence-corrected chi connectivity index (χ0v) is 7.17. The molecule has 2 aliphatic rings. The molecule has 0 unspecified atom stereocenters. The van der Waals surface area contributed by atoms with E-state index in [1.54, 1.807) is 0 Å². The van der Waals surface area contributed by atoms with Gasteiger partial charge in [-0.05, 0) is 42.2 Å². The number of fused-ring (bicyclic) bond motifs is 2. The molecule has 1 heterocycles. The molecule has 1 aliphatic heterocycles. The highest BCUT2D eigenvalue weighted by atomic mass is 16.7. The van der Waals surface area contributed by atoms with Crippen molar-refractivity contribution in [1.29, 1.82) is 0 Å². The maximum Gasteiger partial charge on any atom is 0.231 e. The van der Waals surface area contributed by atoms with Gasteiger partial charge in [-0.3, -0.25) is 0 Å². The van der Waals surface area contributed by atoms with Crippen LogP contribution in [0.2, 0.25) is 0 Å². The third-order valence-corrected chi connectivity index (χ3v) is 2.43. The molecule has 0 bridgehead atoms. The fourth-order valence-corrected chi connectivity index (χ4v) is 1.74. The largest absolute Gasteiger partial charge is 0.454 e. The van der Waals surface area contributed by atoms with Gasteiger partial charge in [-0.2, -0.15) is 0 Å². The SMILES string of the molecule is [C]1=Cc2cc3c(cc2CC1)OCO3. The van der Waals surface area contributed by atoms with E-state index in [4.69, 9.17) is 9.47 Å². The Morgan fingerprint density at radius 3 is 2.92 bits per heavy atom. The minimum absolute atomic E-state index is 0.353. The molecule has 0 amide bonds. The molecule has 0 saturated carbocycles. The molecule has 1 aromatic carbocycles. The lowest BCUT2D eigenvalue weighted by Gasteiger charge is -2.10. The Balaban J connectivity index is 2.18. The van der Waals surface area contributed by atoms with Gasteiger partial charge < -0.3 is 9.47 Å². The predicted molar refractivity (Wildman–Crippen MR) is 48.6 cm³/mol.